The van der Waals surface area contributed by atoms with Crippen molar-refractivity contribution in [1.82, 2.24) is 20.6 Å². The molecule has 7 nitrogen and oxygen atoms in total. The van der Waals surface area contributed by atoms with Crippen LogP contribution in [0.15, 0.2) is 24.5 Å². The van der Waals surface area contributed by atoms with Crippen molar-refractivity contribution in [3.63, 3.8) is 0 Å². The molecule has 2 aliphatic rings. The summed E-state index contributed by atoms with van der Waals surface area (Å²) in [4.78, 5) is 33.8. The summed E-state index contributed by atoms with van der Waals surface area (Å²) in [5.74, 6) is -0.0908. The van der Waals surface area contributed by atoms with Gasteiger partial charge in [-0.3, -0.25) is 9.69 Å². The fourth-order valence-electron chi connectivity index (χ4n) is 3.65. The average molecular weight is 339 g/mol. The van der Waals surface area contributed by atoms with Crippen LogP contribution in [-0.4, -0.2) is 41.0 Å². The number of carbonyl (C=O) groups is 2. The number of hydrogen-bond donors (Lipinski definition) is 3. The summed E-state index contributed by atoms with van der Waals surface area (Å²) in [6.07, 6.45) is 4.24. The van der Waals surface area contributed by atoms with Gasteiger partial charge in [-0.2, -0.15) is 0 Å². The average Bonchev–Trinajstić information content (AvgIpc) is 3.23. The summed E-state index contributed by atoms with van der Waals surface area (Å²) in [6, 6.07) is 5.51. The highest BCUT2D eigenvalue weighted by molar-refractivity contribution is 6.00. The third-order valence-corrected chi connectivity index (χ3v) is 5.02. The molecule has 0 spiro atoms. The maximum absolute atomic E-state index is 12.8. The maximum Gasteiger partial charge on any atom is 0.322 e. The molecule has 3 amide bonds. The minimum Gasteiger partial charge on any atom is -0.349 e. The third kappa shape index (κ3) is 2.86. The number of aryl methyl sites for hydroxylation is 1. The molecule has 0 bridgehead atoms. The summed E-state index contributed by atoms with van der Waals surface area (Å²) in [5, 5.41) is 5.92. The van der Waals surface area contributed by atoms with E-state index < -0.39 is 0 Å². The standard InChI is InChI=1S/C18H21N5O2/c1-11-13(3-2-4-16(11)23-8-7-19-18(23)25)17(24)22-12-5-6-14-15(9-12)21-10-20-14/h2-4,10,12H,5-9H2,1H3,(H,19,25)(H,20,21)(H,22,24). The first-order valence-corrected chi connectivity index (χ1v) is 8.60. The number of hydrogen-bond acceptors (Lipinski definition) is 3. The molecule has 7 heteroatoms. The second-order valence-electron chi connectivity index (χ2n) is 6.57. The van der Waals surface area contributed by atoms with Crippen LogP contribution in [0.5, 0.6) is 0 Å². The molecule has 1 unspecified atom stereocenters. The van der Waals surface area contributed by atoms with Crippen molar-refractivity contribution in [1.29, 1.82) is 0 Å². The molecule has 1 aromatic heterocycles. The Morgan fingerprint density at radius 2 is 2.28 bits per heavy atom. The number of nitrogens with zero attached hydrogens (tertiary/aromatic N) is 2. The molecule has 0 radical (unpaired) electrons. The van der Waals surface area contributed by atoms with Gasteiger partial charge >= 0.3 is 6.03 Å². The number of benzene rings is 1. The van der Waals surface area contributed by atoms with Gasteiger partial charge in [0.05, 0.1) is 12.0 Å². The van der Waals surface area contributed by atoms with Gasteiger partial charge in [0.25, 0.3) is 5.91 Å². The van der Waals surface area contributed by atoms with E-state index in [4.69, 9.17) is 0 Å². The van der Waals surface area contributed by atoms with E-state index in [1.54, 1.807) is 11.2 Å². The lowest BCUT2D eigenvalue weighted by atomic mass is 9.95. The van der Waals surface area contributed by atoms with Gasteiger partial charge in [0.1, 0.15) is 0 Å². The first kappa shape index (κ1) is 15.7. The van der Waals surface area contributed by atoms with Gasteiger partial charge in [-0.05, 0) is 37.5 Å². The van der Waals surface area contributed by atoms with Gasteiger partial charge in [-0.15, -0.1) is 0 Å². The highest BCUT2D eigenvalue weighted by Gasteiger charge is 2.26. The van der Waals surface area contributed by atoms with Crippen molar-refractivity contribution in [3.05, 3.63) is 47.0 Å². The van der Waals surface area contributed by atoms with Crippen LogP contribution in [0.4, 0.5) is 10.5 Å². The topological polar surface area (TPSA) is 90.1 Å². The predicted octanol–water partition coefficient (Wildman–Crippen LogP) is 1.54. The van der Waals surface area contributed by atoms with Crippen molar-refractivity contribution >= 4 is 17.6 Å². The van der Waals surface area contributed by atoms with E-state index in [0.29, 0.717) is 18.7 Å². The zero-order valence-electron chi connectivity index (χ0n) is 14.1. The summed E-state index contributed by atoms with van der Waals surface area (Å²) in [7, 11) is 0. The van der Waals surface area contributed by atoms with Crippen molar-refractivity contribution in [2.24, 2.45) is 0 Å². The molecule has 25 heavy (non-hydrogen) atoms. The van der Waals surface area contributed by atoms with Crippen LogP contribution in [0.1, 0.15) is 33.7 Å². The largest absolute Gasteiger partial charge is 0.349 e. The van der Waals surface area contributed by atoms with Crippen LogP contribution < -0.4 is 15.5 Å². The Hall–Kier alpha value is -2.83. The Morgan fingerprint density at radius 3 is 3.08 bits per heavy atom. The van der Waals surface area contributed by atoms with Crippen molar-refractivity contribution in [2.45, 2.75) is 32.2 Å². The number of anilines is 1. The lowest BCUT2D eigenvalue weighted by Gasteiger charge is -2.24. The normalized spacial score (nSPS) is 19.5. The van der Waals surface area contributed by atoms with Crippen LogP contribution >= 0.6 is 0 Å². The quantitative estimate of drug-likeness (QED) is 0.792. The molecule has 1 aliphatic heterocycles. The number of aromatic amines is 1. The van der Waals surface area contributed by atoms with Crippen molar-refractivity contribution in [3.8, 4) is 0 Å². The smallest absolute Gasteiger partial charge is 0.322 e. The van der Waals surface area contributed by atoms with Crippen LogP contribution in [0, 0.1) is 6.92 Å². The molecule has 1 aromatic carbocycles. The van der Waals surface area contributed by atoms with Crippen LogP contribution in [0.2, 0.25) is 0 Å². The first-order valence-electron chi connectivity index (χ1n) is 8.60. The number of fused-ring (bicyclic) bond motifs is 1. The Labute approximate surface area is 145 Å². The highest BCUT2D eigenvalue weighted by atomic mass is 16.2. The van der Waals surface area contributed by atoms with Crippen molar-refractivity contribution < 1.29 is 9.59 Å². The number of nitrogens with one attached hydrogen (secondary N) is 3. The minimum absolute atomic E-state index is 0.0908. The zero-order chi connectivity index (χ0) is 17.4. The number of amides is 3. The molecule has 1 saturated heterocycles. The SMILES string of the molecule is Cc1c(C(=O)NC2CCc3nc[nH]c3C2)cccc1N1CCNC1=O. The van der Waals surface area contributed by atoms with Gasteiger partial charge < -0.3 is 15.6 Å². The summed E-state index contributed by atoms with van der Waals surface area (Å²) in [6.45, 7) is 3.14. The van der Waals surface area contributed by atoms with Gasteiger partial charge in [0.15, 0.2) is 0 Å². The Morgan fingerprint density at radius 1 is 1.40 bits per heavy atom. The molecule has 1 aliphatic carbocycles. The summed E-state index contributed by atoms with van der Waals surface area (Å²) < 4.78 is 0. The van der Waals surface area contributed by atoms with Gasteiger partial charge in [0, 0.05) is 42.5 Å². The first-order chi connectivity index (χ1) is 12.1. The van der Waals surface area contributed by atoms with Gasteiger partial charge in [-0.25, -0.2) is 9.78 Å². The molecule has 2 aromatic rings. The second-order valence-corrected chi connectivity index (χ2v) is 6.57. The van der Waals surface area contributed by atoms with Crippen LogP contribution in [0.3, 0.4) is 0 Å². The molecule has 130 valence electrons. The predicted molar refractivity (Wildman–Crippen MR) is 93.8 cm³/mol. The van der Waals surface area contributed by atoms with E-state index in [9.17, 15) is 9.59 Å². The molecule has 4 rings (SSSR count). The number of urea groups is 1. The lowest BCUT2D eigenvalue weighted by Crippen LogP contribution is -2.39. The van der Waals surface area contributed by atoms with E-state index in [1.165, 1.54) is 0 Å². The summed E-state index contributed by atoms with van der Waals surface area (Å²) >= 11 is 0. The fourth-order valence-corrected chi connectivity index (χ4v) is 3.65. The number of H-pyrrole nitrogens is 1. The zero-order valence-corrected chi connectivity index (χ0v) is 14.1. The van der Waals surface area contributed by atoms with Gasteiger partial charge in [-0.1, -0.05) is 6.07 Å². The van der Waals surface area contributed by atoms with E-state index in [2.05, 4.69) is 20.6 Å². The number of rotatable bonds is 3. The fraction of sp³-hybridized carbons (Fsp3) is 0.389. The number of imidazole rings is 1. The minimum atomic E-state index is -0.111. The van der Waals surface area contributed by atoms with Crippen LogP contribution in [-0.2, 0) is 12.8 Å². The molecule has 1 fully saturated rings. The highest BCUT2D eigenvalue weighted by Crippen LogP contribution is 2.25. The maximum atomic E-state index is 12.8. The number of carbonyl (C=O) groups excluding carboxylic acids is 2. The van der Waals surface area contributed by atoms with E-state index >= 15 is 0 Å². The Kier molecular flexibility index (Phi) is 3.91. The molecule has 1 atom stereocenters. The molecule has 3 N–H and O–H groups in total. The van der Waals surface area contributed by atoms with E-state index in [1.807, 2.05) is 25.1 Å². The van der Waals surface area contributed by atoms with E-state index in [0.717, 1.165) is 41.9 Å². The van der Waals surface area contributed by atoms with Gasteiger partial charge in [0.2, 0.25) is 0 Å². The number of aromatic nitrogens is 2. The molecular weight excluding hydrogens is 318 g/mol. The molecule has 0 saturated carbocycles. The lowest BCUT2D eigenvalue weighted by molar-refractivity contribution is 0.0932. The van der Waals surface area contributed by atoms with Crippen LogP contribution in [0.25, 0.3) is 0 Å². The molecule has 2 heterocycles. The molecular formula is C18H21N5O2. The second kappa shape index (κ2) is 6.23. The van der Waals surface area contributed by atoms with E-state index in [-0.39, 0.29) is 18.0 Å². The monoisotopic (exact) mass is 339 g/mol. The van der Waals surface area contributed by atoms with Crippen molar-refractivity contribution in [2.75, 3.05) is 18.0 Å². The summed E-state index contributed by atoms with van der Waals surface area (Å²) in [5.41, 5.74) is 4.45. The third-order valence-electron chi connectivity index (χ3n) is 5.02. The Bertz CT molecular complexity index is 829. The Balaban J connectivity index is 1.52.